The second-order valence-electron chi connectivity index (χ2n) is 4.43. The van der Waals surface area contributed by atoms with Crippen LogP contribution in [0.15, 0.2) is 30.6 Å². The molecule has 2 rings (SSSR count). The average molecular weight is 260 g/mol. The number of anilines is 1. The van der Waals surface area contributed by atoms with Gasteiger partial charge in [-0.15, -0.1) is 0 Å². The molecule has 0 spiro atoms. The minimum atomic E-state index is -0.985. The van der Waals surface area contributed by atoms with E-state index in [0.29, 0.717) is 12.4 Å². The molecule has 2 heterocycles. The Morgan fingerprint density at radius 3 is 2.95 bits per heavy atom. The van der Waals surface area contributed by atoms with Crippen molar-refractivity contribution in [1.82, 2.24) is 14.8 Å². The number of carbonyl (C=O) groups is 1. The molecule has 19 heavy (non-hydrogen) atoms. The highest BCUT2D eigenvalue weighted by Crippen LogP contribution is 2.15. The molecule has 6 nitrogen and oxygen atoms in total. The number of hydrogen-bond donors (Lipinski definition) is 2. The molecule has 0 aliphatic heterocycles. The van der Waals surface area contributed by atoms with Crippen LogP contribution >= 0.6 is 0 Å². The van der Waals surface area contributed by atoms with Crippen molar-refractivity contribution in [3.05, 3.63) is 41.9 Å². The van der Waals surface area contributed by atoms with E-state index in [1.807, 2.05) is 26.1 Å². The second-order valence-corrected chi connectivity index (χ2v) is 4.43. The van der Waals surface area contributed by atoms with Crippen LogP contribution in [0.4, 0.5) is 5.82 Å². The Labute approximate surface area is 111 Å². The van der Waals surface area contributed by atoms with Gasteiger partial charge in [0.1, 0.15) is 11.4 Å². The molecule has 2 aromatic heterocycles. The zero-order chi connectivity index (χ0) is 13.8. The first-order valence-electron chi connectivity index (χ1n) is 6.01. The zero-order valence-corrected chi connectivity index (χ0v) is 10.9. The van der Waals surface area contributed by atoms with Gasteiger partial charge in [-0.1, -0.05) is 0 Å². The van der Waals surface area contributed by atoms with Gasteiger partial charge in [0.2, 0.25) is 0 Å². The summed E-state index contributed by atoms with van der Waals surface area (Å²) in [5, 5.41) is 16.4. The molecular formula is C13H16N4O2. The molecule has 100 valence electrons. The summed E-state index contributed by atoms with van der Waals surface area (Å²) < 4.78 is 1.79. The van der Waals surface area contributed by atoms with E-state index in [2.05, 4.69) is 15.4 Å². The van der Waals surface area contributed by atoms with Gasteiger partial charge in [-0.25, -0.2) is 9.78 Å². The molecule has 0 aromatic carbocycles. The largest absolute Gasteiger partial charge is 0.478 e. The number of carboxylic acids is 1. The lowest BCUT2D eigenvalue weighted by Crippen LogP contribution is -2.24. The third-order valence-electron chi connectivity index (χ3n) is 2.67. The summed E-state index contributed by atoms with van der Waals surface area (Å²) in [6.07, 6.45) is 3.57. The third kappa shape index (κ3) is 3.31. The van der Waals surface area contributed by atoms with Crippen LogP contribution in [-0.2, 0) is 6.54 Å². The number of aromatic nitrogens is 3. The van der Waals surface area contributed by atoms with E-state index in [0.717, 1.165) is 5.69 Å². The molecule has 1 unspecified atom stereocenters. The lowest BCUT2D eigenvalue weighted by molar-refractivity contribution is 0.0697. The summed E-state index contributed by atoms with van der Waals surface area (Å²) >= 11 is 0. The van der Waals surface area contributed by atoms with Crippen molar-refractivity contribution >= 4 is 11.8 Å². The van der Waals surface area contributed by atoms with Gasteiger partial charge in [-0.2, -0.15) is 5.10 Å². The first-order chi connectivity index (χ1) is 9.06. The number of aromatic carboxylic acids is 1. The van der Waals surface area contributed by atoms with Crippen LogP contribution in [0.25, 0.3) is 0 Å². The summed E-state index contributed by atoms with van der Waals surface area (Å²) in [6, 6.07) is 5.12. The van der Waals surface area contributed by atoms with Gasteiger partial charge >= 0.3 is 5.97 Å². The fourth-order valence-electron chi connectivity index (χ4n) is 1.81. The minimum absolute atomic E-state index is 0.0206. The summed E-state index contributed by atoms with van der Waals surface area (Å²) in [5.41, 5.74) is 0.955. The molecular weight excluding hydrogens is 244 g/mol. The maximum absolute atomic E-state index is 11.1. The third-order valence-corrected chi connectivity index (χ3v) is 2.67. The highest BCUT2D eigenvalue weighted by atomic mass is 16.4. The molecule has 0 bridgehead atoms. The standard InChI is InChI=1S/C13H16N4O2/c1-9-4-5-11(13(18)19)12(15-9)16-10(2)8-17-7-3-6-14-17/h3-7,10H,8H2,1-2H3,(H,15,16)(H,18,19). The Morgan fingerprint density at radius 1 is 1.53 bits per heavy atom. The number of nitrogens with zero attached hydrogens (tertiary/aromatic N) is 3. The summed E-state index contributed by atoms with van der Waals surface area (Å²) in [5.74, 6) is -0.589. The fraction of sp³-hybridized carbons (Fsp3) is 0.308. The van der Waals surface area contributed by atoms with Crippen LogP contribution < -0.4 is 5.32 Å². The van der Waals surface area contributed by atoms with Gasteiger partial charge in [-0.3, -0.25) is 4.68 Å². The molecule has 6 heteroatoms. The maximum atomic E-state index is 11.1. The van der Waals surface area contributed by atoms with E-state index in [9.17, 15) is 4.79 Å². The van der Waals surface area contributed by atoms with Crippen molar-refractivity contribution in [1.29, 1.82) is 0 Å². The lowest BCUT2D eigenvalue weighted by atomic mass is 10.2. The first kappa shape index (κ1) is 13.1. The number of aryl methyl sites for hydroxylation is 1. The van der Waals surface area contributed by atoms with Gasteiger partial charge in [0.05, 0.1) is 6.54 Å². The number of carboxylic acid groups (broad SMARTS) is 1. The average Bonchev–Trinajstić information content (AvgIpc) is 2.81. The Kier molecular flexibility index (Phi) is 3.79. The fourth-order valence-corrected chi connectivity index (χ4v) is 1.81. The van der Waals surface area contributed by atoms with Gasteiger partial charge in [0, 0.05) is 24.1 Å². The predicted octanol–water partition coefficient (Wildman–Crippen LogP) is 1.79. The molecule has 0 saturated carbocycles. The molecule has 0 amide bonds. The number of nitrogens with one attached hydrogen (secondary N) is 1. The Bertz CT molecular complexity index is 566. The van der Waals surface area contributed by atoms with Crippen molar-refractivity contribution in [3.8, 4) is 0 Å². The monoisotopic (exact) mass is 260 g/mol. The van der Waals surface area contributed by atoms with Crippen LogP contribution in [-0.4, -0.2) is 31.9 Å². The summed E-state index contributed by atoms with van der Waals surface area (Å²) in [6.45, 7) is 4.42. The summed E-state index contributed by atoms with van der Waals surface area (Å²) in [7, 11) is 0. The van der Waals surface area contributed by atoms with E-state index in [1.54, 1.807) is 23.0 Å². The first-order valence-corrected chi connectivity index (χ1v) is 6.01. The van der Waals surface area contributed by atoms with Crippen molar-refractivity contribution in [3.63, 3.8) is 0 Å². The number of pyridine rings is 1. The van der Waals surface area contributed by atoms with Crippen molar-refractivity contribution in [2.24, 2.45) is 0 Å². The predicted molar refractivity (Wildman–Crippen MR) is 71.2 cm³/mol. The SMILES string of the molecule is Cc1ccc(C(=O)O)c(NC(C)Cn2cccn2)n1. The normalized spacial score (nSPS) is 12.1. The zero-order valence-electron chi connectivity index (χ0n) is 10.9. The van der Waals surface area contributed by atoms with Crippen molar-refractivity contribution < 1.29 is 9.90 Å². The second kappa shape index (κ2) is 5.51. The molecule has 2 aromatic rings. The molecule has 2 N–H and O–H groups in total. The van der Waals surface area contributed by atoms with Crippen LogP contribution in [0.1, 0.15) is 23.0 Å². The quantitative estimate of drug-likeness (QED) is 0.856. The van der Waals surface area contributed by atoms with E-state index in [-0.39, 0.29) is 11.6 Å². The molecule has 0 aliphatic carbocycles. The van der Waals surface area contributed by atoms with Crippen LogP contribution in [0.3, 0.4) is 0 Å². The maximum Gasteiger partial charge on any atom is 0.339 e. The molecule has 0 fully saturated rings. The van der Waals surface area contributed by atoms with Gasteiger partial charge in [-0.05, 0) is 32.0 Å². The van der Waals surface area contributed by atoms with Crippen molar-refractivity contribution in [2.75, 3.05) is 5.32 Å². The molecule has 0 aliphatic rings. The Balaban J connectivity index is 2.13. The summed E-state index contributed by atoms with van der Waals surface area (Å²) in [4.78, 5) is 15.4. The minimum Gasteiger partial charge on any atom is -0.478 e. The van der Waals surface area contributed by atoms with Crippen LogP contribution in [0.5, 0.6) is 0 Å². The Hall–Kier alpha value is -2.37. The van der Waals surface area contributed by atoms with E-state index < -0.39 is 5.97 Å². The highest BCUT2D eigenvalue weighted by Gasteiger charge is 2.13. The number of hydrogen-bond acceptors (Lipinski definition) is 4. The van der Waals surface area contributed by atoms with E-state index in [1.165, 1.54) is 0 Å². The van der Waals surface area contributed by atoms with Crippen LogP contribution in [0.2, 0.25) is 0 Å². The lowest BCUT2D eigenvalue weighted by Gasteiger charge is -2.16. The van der Waals surface area contributed by atoms with E-state index in [4.69, 9.17) is 5.11 Å². The van der Waals surface area contributed by atoms with Crippen LogP contribution in [0, 0.1) is 6.92 Å². The Morgan fingerprint density at radius 2 is 2.32 bits per heavy atom. The molecule has 0 saturated heterocycles. The van der Waals surface area contributed by atoms with Gasteiger partial charge in [0.25, 0.3) is 0 Å². The smallest absolute Gasteiger partial charge is 0.339 e. The van der Waals surface area contributed by atoms with E-state index >= 15 is 0 Å². The van der Waals surface area contributed by atoms with Gasteiger partial charge in [0.15, 0.2) is 0 Å². The molecule has 1 atom stereocenters. The highest BCUT2D eigenvalue weighted by molar-refractivity contribution is 5.93. The van der Waals surface area contributed by atoms with Gasteiger partial charge < -0.3 is 10.4 Å². The molecule has 0 radical (unpaired) electrons. The van der Waals surface area contributed by atoms with Crippen molar-refractivity contribution in [2.45, 2.75) is 26.4 Å². The topological polar surface area (TPSA) is 80.0 Å². The number of rotatable bonds is 5.